The van der Waals surface area contributed by atoms with Crippen molar-refractivity contribution >= 4 is 17.9 Å². The molecule has 0 aliphatic rings. The van der Waals surface area contributed by atoms with Crippen molar-refractivity contribution in [2.24, 2.45) is 0 Å². The standard InChI is InChI=1S/C73H112O6/c1-4-7-10-13-16-19-22-25-28-29-30-31-32-33-34-35-36-37-38-39-40-41-42-43-46-48-51-54-57-60-63-66-72(75)78-69-70(79-73(76)67-64-61-58-55-52-49-45-27-24-21-18-15-12-9-6-3)68-77-71(74)65-62-59-56-53-50-47-44-26-23-20-17-14-11-8-5-2/h7,9-10,12,16-21,25-28,30-31,33-34,36-37,39-40,42-45,52,55,61,64,70H,4-6,8,11,13-15,22-24,29,32,35,38,41,46-51,53-54,56-60,62-63,65-69H2,1-3H3/b10-7-,12-9-,19-16-,20-17-,21-18-,28-25-,31-30-,34-33-,37-36-,40-39-,43-42-,44-26-,45-27-,55-52-,64-61-. The first kappa shape index (κ1) is 73.5. The van der Waals surface area contributed by atoms with Gasteiger partial charge in [0.05, 0.1) is 6.42 Å². The minimum absolute atomic E-state index is 0.0812. The van der Waals surface area contributed by atoms with Crippen molar-refractivity contribution in [3.63, 3.8) is 0 Å². The summed E-state index contributed by atoms with van der Waals surface area (Å²) in [4.78, 5) is 38.2. The second kappa shape index (κ2) is 65.0. The lowest BCUT2D eigenvalue weighted by Gasteiger charge is -2.18. The van der Waals surface area contributed by atoms with Crippen LogP contribution in [-0.2, 0) is 28.6 Å². The minimum Gasteiger partial charge on any atom is -0.462 e. The van der Waals surface area contributed by atoms with Gasteiger partial charge in [0.2, 0.25) is 0 Å². The Morgan fingerprint density at radius 1 is 0.278 bits per heavy atom. The molecule has 0 amide bonds. The van der Waals surface area contributed by atoms with Gasteiger partial charge in [-0.15, -0.1) is 0 Å². The van der Waals surface area contributed by atoms with E-state index in [1.165, 1.54) is 38.5 Å². The first-order valence-corrected chi connectivity index (χ1v) is 31.3. The monoisotopic (exact) mass is 1080 g/mol. The fourth-order valence-electron chi connectivity index (χ4n) is 7.80. The molecule has 6 nitrogen and oxygen atoms in total. The van der Waals surface area contributed by atoms with Crippen molar-refractivity contribution in [1.29, 1.82) is 0 Å². The van der Waals surface area contributed by atoms with Crippen molar-refractivity contribution in [2.45, 2.75) is 245 Å². The average molecular weight is 1090 g/mol. The van der Waals surface area contributed by atoms with E-state index in [9.17, 15) is 14.4 Å². The zero-order chi connectivity index (χ0) is 57.1. The van der Waals surface area contributed by atoms with Gasteiger partial charge in [-0.1, -0.05) is 261 Å². The van der Waals surface area contributed by atoms with Gasteiger partial charge in [-0.2, -0.15) is 0 Å². The summed E-state index contributed by atoms with van der Waals surface area (Å²) >= 11 is 0. The Hall–Kier alpha value is -5.49. The zero-order valence-corrected chi connectivity index (χ0v) is 50.3. The van der Waals surface area contributed by atoms with Crippen molar-refractivity contribution in [2.75, 3.05) is 13.2 Å². The molecule has 1 atom stereocenters. The Morgan fingerprint density at radius 2 is 0.532 bits per heavy atom. The summed E-state index contributed by atoms with van der Waals surface area (Å²) in [5.74, 6) is -1.11. The Bertz CT molecular complexity index is 1870. The largest absolute Gasteiger partial charge is 0.462 e. The van der Waals surface area contributed by atoms with Gasteiger partial charge in [-0.25, -0.2) is 0 Å². The van der Waals surface area contributed by atoms with Crippen LogP contribution in [0.5, 0.6) is 0 Å². The second-order valence-electron chi connectivity index (χ2n) is 19.9. The molecule has 0 saturated heterocycles. The number of carbonyl (C=O) groups is 3. The fourth-order valence-corrected chi connectivity index (χ4v) is 7.80. The lowest BCUT2D eigenvalue weighted by molar-refractivity contribution is -0.166. The number of unbranched alkanes of at least 4 members (excludes halogenated alkanes) is 14. The Labute approximate surface area is 484 Å². The Morgan fingerprint density at radius 3 is 0.835 bits per heavy atom. The smallest absolute Gasteiger partial charge is 0.310 e. The molecule has 0 saturated carbocycles. The summed E-state index contributed by atoms with van der Waals surface area (Å²) in [7, 11) is 0. The van der Waals surface area contributed by atoms with Gasteiger partial charge in [-0.3, -0.25) is 14.4 Å². The third-order valence-electron chi connectivity index (χ3n) is 12.4. The molecule has 0 fully saturated rings. The van der Waals surface area contributed by atoms with E-state index < -0.39 is 12.1 Å². The maximum absolute atomic E-state index is 12.8. The molecule has 1 unspecified atom stereocenters. The van der Waals surface area contributed by atoms with Crippen molar-refractivity contribution in [1.82, 2.24) is 0 Å². The predicted octanol–water partition coefficient (Wildman–Crippen LogP) is 21.7. The van der Waals surface area contributed by atoms with Gasteiger partial charge >= 0.3 is 17.9 Å². The number of hydrogen-bond donors (Lipinski definition) is 0. The van der Waals surface area contributed by atoms with Crippen molar-refractivity contribution in [3.05, 3.63) is 182 Å². The van der Waals surface area contributed by atoms with Gasteiger partial charge in [-0.05, 0) is 141 Å². The topological polar surface area (TPSA) is 78.9 Å². The molecule has 0 aromatic carbocycles. The van der Waals surface area contributed by atoms with E-state index in [1.54, 1.807) is 6.08 Å². The molecule has 0 aliphatic heterocycles. The van der Waals surface area contributed by atoms with E-state index in [1.807, 2.05) is 6.08 Å². The van der Waals surface area contributed by atoms with Crippen molar-refractivity contribution in [3.8, 4) is 0 Å². The highest BCUT2D eigenvalue weighted by Gasteiger charge is 2.19. The summed E-state index contributed by atoms with van der Waals surface area (Å²) in [5, 5.41) is 0. The van der Waals surface area contributed by atoms with Crippen LogP contribution in [-0.4, -0.2) is 37.2 Å². The quantitative estimate of drug-likeness (QED) is 0.0261. The van der Waals surface area contributed by atoms with Crippen LogP contribution in [0.2, 0.25) is 0 Å². The molecular formula is C73H112O6. The van der Waals surface area contributed by atoms with E-state index in [0.29, 0.717) is 19.3 Å². The van der Waals surface area contributed by atoms with E-state index in [4.69, 9.17) is 14.2 Å². The van der Waals surface area contributed by atoms with E-state index in [2.05, 4.69) is 191 Å². The van der Waals surface area contributed by atoms with Crippen LogP contribution in [0.4, 0.5) is 0 Å². The molecule has 0 rings (SSSR count). The average Bonchev–Trinajstić information content (AvgIpc) is 3.45. The Balaban J connectivity index is 4.45. The Kier molecular flexibility index (Phi) is 60.5. The molecule has 440 valence electrons. The number of ether oxygens (including phenoxy) is 3. The van der Waals surface area contributed by atoms with Gasteiger partial charge in [0, 0.05) is 12.8 Å². The van der Waals surface area contributed by atoms with Gasteiger partial charge in [0.1, 0.15) is 13.2 Å². The van der Waals surface area contributed by atoms with Gasteiger partial charge in [0.25, 0.3) is 0 Å². The number of allylic oxidation sites excluding steroid dienone is 29. The van der Waals surface area contributed by atoms with E-state index in [0.717, 1.165) is 154 Å². The molecule has 0 aromatic heterocycles. The molecule has 0 heterocycles. The lowest BCUT2D eigenvalue weighted by atomic mass is 10.1. The third kappa shape index (κ3) is 63.2. The van der Waals surface area contributed by atoms with Gasteiger partial charge in [0.15, 0.2) is 6.10 Å². The van der Waals surface area contributed by atoms with Crippen LogP contribution in [0.25, 0.3) is 0 Å². The van der Waals surface area contributed by atoms with E-state index in [-0.39, 0.29) is 31.6 Å². The lowest BCUT2D eigenvalue weighted by Crippen LogP contribution is -2.30. The minimum atomic E-state index is -0.855. The molecule has 79 heavy (non-hydrogen) atoms. The van der Waals surface area contributed by atoms with Crippen LogP contribution < -0.4 is 0 Å². The fraction of sp³-hybridized carbons (Fsp3) is 0.548. The number of hydrogen-bond acceptors (Lipinski definition) is 6. The van der Waals surface area contributed by atoms with Crippen LogP contribution in [0.1, 0.15) is 239 Å². The number of esters is 3. The van der Waals surface area contributed by atoms with Crippen LogP contribution in [0.15, 0.2) is 182 Å². The summed E-state index contributed by atoms with van der Waals surface area (Å²) < 4.78 is 16.7. The summed E-state index contributed by atoms with van der Waals surface area (Å²) in [6.07, 6.45) is 97.8. The van der Waals surface area contributed by atoms with Gasteiger partial charge < -0.3 is 14.2 Å². The molecule has 0 N–H and O–H groups in total. The molecule has 0 bridgehead atoms. The molecule has 0 aliphatic carbocycles. The maximum atomic E-state index is 12.8. The van der Waals surface area contributed by atoms with Crippen LogP contribution in [0.3, 0.4) is 0 Å². The SMILES string of the molecule is CC/C=C\C/C=C\C/C=C\C/C=C\C/C=C\C/C=C\C/C=C\C/C=C\CCCCCCCCC(=O)OCC(COC(=O)CCCCCCC/C=C\C/C=C\CCCCC)OC(=O)C/C=C\C/C=C\C/C=C\C/C=C\C/C=C\CC. The number of rotatable bonds is 54. The second-order valence-corrected chi connectivity index (χ2v) is 19.9. The third-order valence-corrected chi connectivity index (χ3v) is 12.4. The summed E-state index contributed by atoms with van der Waals surface area (Å²) in [6, 6.07) is 0. The van der Waals surface area contributed by atoms with Crippen molar-refractivity contribution < 1.29 is 28.6 Å². The van der Waals surface area contributed by atoms with Crippen LogP contribution in [0, 0.1) is 0 Å². The van der Waals surface area contributed by atoms with Crippen LogP contribution >= 0.6 is 0 Å². The zero-order valence-electron chi connectivity index (χ0n) is 50.3. The highest BCUT2D eigenvalue weighted by Crippen LogP contribution is 2.13. The summed E-state index contributed by atoms with van der Waals surface area (Å²) in [6.45, 7) is 6.26. The number of carbonyl (C=O) groups excluding carboxylic acids is 3. The molecule has 0 aromatic rings. The van der Waals surface area contributed by atoms with E-state index >= 15 is 0 Å². The highest BCUT2D eigenvalue weighted by atomic mass is 16.6. The first-order chi connectivity index (χ1) is 39.0. The molecule has 0 radical (unpaired) electrons. The molecule has 6 heteroatoms. The predicted molar refractivity (Wildman–Crippen MR) is 343 cm³/mol. The first-order valence-electron chi connectivity index (χ1n) is 31.3. The normalized spacial score (nSPS) is 13.4. The summed E-state index contributed by atoms with van der Waals surface area (Å²) in [5.41, 5.74) is 0. The maximum Gasteiger partial charge on any atom is 0.310 e. The molecular weight excluding hydrogens is 973 g/mol. The molecule has 0 spiro atoms. The highest BCUT2D eigenvalue weighted by molar-refractivity contribution is 5.72.